The van der Waals surface area contributed by atoms with Gasteiger partial charge in [-0.3, -0.25) is 0 Å². The first kappa shape index (κ1) is 12.0. The number of aromatic nitrogens is 1. The third kappa shape index (κ3) is 2.40. The van der Waals surface area contributed by atoms with Gasteiger partial charge in [-0.2, -0.15) is 5.26 Å². The zero-order chi connectivity index (χ0) is 13.2. The maximum atomic E-state index is 8.90. The van der Waals surface area contributed by atoms with Crippen LogP contribution < -0.4 is 0 Å². The van der Waals surface area contributed by atoms with Gasteiger partial charge in [0.05, 0.1) is 11.6 Å². The number of rotatable bonds is 2. The molecule has 0 atom stereocenters. The predicted octanol–water partition coefficient (Wildman–Crippen LogP) is 4.32. The predicted molar refractivity (Wildman–Crippen MR) is 79.9 cm³/mol. The van der Waals surface area contributed by atoms with Gasteiger partial charge in [-0.05, 0) is 42.0 Å². The molecule has 3 aromatic rings. The minimum Gasteiger partial charge on any atom is -0.343 e. The molecule has 0 radical (unpaired) electrons. The van der Waals surface area contributed by atoms with Gasteiger partial charge in [-0.1, -0.05) is 28.1 Å². The zero-order valence-corrected chi connectivity index (χ0v) is 11.8. The second kappa shape index (κ2) is 4.91. The van der Waals surface area contributed by atoms with Gasteiger partial charge in [-0.15, -0.1) is 0 Å². The van der Waals surface area contributed by atoms with Crippen LogP contribution in [0.4, 0.5) is 0 Å². The molecule has 3 heteroatoms. The number of nitriles is 1. The van der Waals surface area contributed by atoms with Gasteiger partial charge in [0.1, 0.15) is 0 Å². The monoisotopic (exact) mass is 310 g/mol. The molecule has 0 N–H and O–H groups in total. The molecule has 0 aliphatic carbocycles. The van der Waals surface area contributed by atoms with Crippen LogP contribution in [0.5, 0.6) is 0 Å². The molecule has 3 rings (SSSR count). The Labute approximate surface area is 120 Å². The summed E-state index contributed by atoms with van der Waals surface area (Å²) < 4.78 is 3.28. The van der Waals surface area contributed by atoms with Crippen LogP contribution in [0.1, 0.15) is 11.1 Å². The van der Waals surface area contributed by atoms with Crippen molar-refractivity contribution in [2.45, 2.75) is 6.54 Å². The number of benzene rings is 2. The molecule has 0 aliphatic heterocycles. The van der Waals surface area contributed by atoms with Crippen LogP contribution >= 0.6 is 15.9 Å². The topological polar surface area (TPSA) is 28.7 Å². The maximum absolute atomic E-state index is 8.90. The van der Waals surface area contributed by atoms with Crippen LogP contribution in [-0.2, 0) is 6.54 Å². The summed E-state index contributed by atoms with van der Waals surface area (Å²) in [5.41, 5.74) is 3.11. The molecule has 92 valence electrons. The van der Waals surface area contributed by atoms with Gasteiger partial charge >= 0.3 is 0 Å². The fourth-order valence-electron chi connectivity index (χ4n) is 2.19. The molecule has 2 aromatic carbocycles. The number of hydrogen-bond donors (Lipinski definition) is 0. The van der Waals surface area contributed by atoms with E-state index in [1.165, 1.54) is 5.56 Å². The fourth-order valence-corrected chi connectivity index (χ4v) is 2.46. The highest BCUT2D eigenvalue weighted by Gasteiger charge is 2.03. The molecular weight excluding hydrogens is 300 g/mol. The van der Waals surface area contributed by atoms with E-state index in [4.69, 9.17) is 5.26 Å². The molecule has 19 heavy (non-hydrogen) atoms. The second-order valence-electron chi connectivity index (χ2n) is 4.46. The van der Waals surface area contributed by atoms with Crippen LogP contribution in [0, 0.1) is 11.3 Å². The highest BCUT2D eigenvalue weighted by atomic mass is 79.9. The summed E-state index contributed by atoms with van der Waals surface area (Å²) in [4.78, 5) is 0. The van der Waals surface area contributed by atoms with E-state index in [1.807, 2.05) is 18.2 Å². The van der Waals surface area contributed by atoms with Crippen LogP contribution in [0.2, 0.25) is 0 Å². The number of fused-ring (bicyclic) bond motifs is 1. The molecule has 0 bridgehead atoms. The van der Waals surface area contributed by atoms with Crippen molar-refractivity contribution >= 4 is 26.8 Å². The summed E-state index contributed by atoms with van der Waals surface area (Å²) in [7, 11) is 0. The van der Waals surface area contributed by atoms with Crippen molar-refractivity contribution in [1.82, 2.24) is 4.57 Å². The van der Waals surface area contributed by atoms with E-state index in [-0.39, 0.29) is 0 Å². The lowest BCUT2D eigenvalue weighted by molar-refractivity contribution is 0.836. The van der Waals surface area contributed by atoms with Crippen LogP contribution in [-0.4, -0.2) is 4.57 Å². The van der Waals surface area contributed by atoms with E-state index < -0.39 is 0 Å². The fraction of sp³-hybridized carbons (Fsp3) is 0.0625. The van der Waals surface area contributed by atoms with Crippen molar-refractivity contribution in [2.75, 3.05) is 0 Å². The van der Waals surface area contributed by atoms with Crippen LogP contribution in [0.3, 0.4) is 0 Å². The van der Waals surface area contributed by atoms with Gasteiger partial charge < -0.3 is 4.57 Å². The Bertz CT molecular complexity index is 764. The molecule has 0 saturated heterocycles. The Morgan fingerprint density at radius 2 is 1.84 bits per heavy atom. The van der Waals surface area contributed by atoms with Gasteiger partial charge in [0.2, 0.25) is 0 Å². The highest BCUT2D eigenvalue weighted by Crippen LogP contribution is 2.19. The standard InChI is InChI=1S/C16H11BrN2/c17-15-4-1-12(2-5-15)11-19-8-7-14-9-13(10-18)3-6-16(14)19/h1-9H,11H2. The second-order valence-corrected chi connectivity index (χ2v) is 5.37. The zero-order valence-electron chi connectivity index (χ0n) is 10.2. The Morgan fingerprint density at radius 1 is 1.05 bits per heavy atom. The number of nitrogens with zero attached hydrogens (tertiary/aromatic N) is 2. The molecule has 0 amide bonds. The van der Waals surface area contributed by atoms with Crippen molar-refractivity contribution < 1.29 is 0 Å². The summed E-state index contributed by atoms with van der Waals surface area (Å²) in [5.74, 6) is 0. The average Bonchev–Trinajstić information content (AvgIpc) is 2.83. The first-order valence-electron chi connectivity index (χ1n) is 6.00. The number of hydrogen-bond acceptors (Lipinski definition) is 1. The first-order chi connectivity index (χ1) is 9.26. The summed E-state index contributed by atoms with van der Waals surface area (Å²) in [5, 5.41) is 10.0. The summed E-state index contributed by atoms with van der Waals surface area (Å²) in [6, 6.07) is 18.3. The minimum absolute atomic E-state index is 0.703. The molecule has 0 unspecified atom stereocenters. The van der Waals surface area contributed by atoms with E-state index in [0.29, 0.717) is 5.56 Å². The average molecular weight is 311 g/mol. The SMILES string of the molecule is N#Cc1ccc2c(ccn2Cc2ccc(Br)cc2)c1. The van der Waals surface area contributed by atoms with Crippen LogP contribution in [0.25, 0.3) is 10.9 Å². The lowest BCUT2D eigenvalue weighted by Gasteiger charge is -2.06. The molecule has 1 heterocycles. The van der Waals surface area contributed by atoms with E-state index in [0.717, 1.165) is 21.9 Å². The van der Waals surface area contributed by atoms with Gasteiger partial charge in [-0.25, -0.2) is 0 Å². The van der Waals surface area contributed by atoms with Crippen LogP contribution in [0.15, 0.2) is 59.2 Å². The summed E-state index contributed by atoms with van der Waals surface area (Å²) in [6.45, 7) is 0.836. The Morgan fingerprint density at radius 3 is 2.58 bits per heavy atom. The largest absolute Gasteiger partial charge is 0.343 e. The maximum Gasteiger partial charge on any atom is 0.0991 e. The molecule has 0 saturated carbocycles. The van der Waals surface area contributed by atoms with E-state index in [1.54, 1.807) is 0 Å². The molecule has 0 aliphatic rings. The Hall–Kier alpha value is -2.05. The van der Waals surface area contributed by atoms with Gasteiger partial charge in [0.15, 0.2) is 0 Å². The summed E-state index contributed by atoms with van der Waals surface area (Å²) in [6.07, 6.45) is 2.06. The normalized spacial score (nSPS) is 10.5. The van der Waals surface area contributed by atoms with Gasteiger partial charge in [0.25, 0.3) is 0 Å². The van der Waals surface area contributed by atoms with Crippen molar-refractivity contribution in [3.05, 3.63) is 70.3 Å². The minimum atomic E-state index is 0.703. The molecule has 0 spiro atoms. The lowest BCUT2D eigenvalue weighted by Crippen LogP contribution is -1.97. The van der Waals surface area contributed by atoms with E-state index in [2.05, 4.69) is 63.1 Å². The Kier molecular flexibility index (Phi) is 3.10. The van der Waals surface area contributed by atoms with Crippen molar-refractivity contribution in [2.24, 2.45) is 0 Å². The molecule has 1 aromatic heterocycles. The third-order valence-corrected chi connectivity index (χ3v) is 3.69. The van der Waals surface area contributed by atoms with Gasteiger partial charge in [0, 0.05) is 28.1 Å². The van der Waals surface area contributed by atoms with Crippen molar-refractivity contribution in [3.8, 4) is 6.07 Å². The first-order valence-corrected chi connectivity index (χ1v) is 6.79. The summed E-state index contributed by atoms with van der Waals surface area (Å²) >= 11 is 3.44. The van der Waals surface area contributed by atoms with Crippen molar-refractivity contribution in [1.29, 1.82) is 5.26 Å². The van der Waals surface area contributed by atoms with Crippen molar-refractivity contribution in [3.63, 3.8) is 0 Å². The lowest BCUT2D eigenvalue weighted by atomic mass is 10.2. The quantitative estimate of drug-likeness (QED) is 0.693. The molecular formula is C16H11BrN2. The number of halogens is 1. The third-order valence-electron chi connectivity index (χ3n) is 3.17. The molecule has 2 nitrogen and oxygen atoms in total. The smallest absolute Gasteiger partial charge is 0.0991 e. The molecule has 0 fully saturated rings. The highest BCUT2D eigenvalue weighted by molar-refractivity contribution is 9.10. The van der Waals surface area contributed by atoms with E-state index >= 15 is 0 Å². The Balaban J connectivity index is 1.97. The van der Waals surface area contributed by atoms with E-state index in [9.17, 15) is 0 Å².